The number of nitrogens with zero attached hydrogens (tertiary/aromatic N) is 1. The van der Waals surface area contributed by atoms with Gasteiger partial charge in [-0.1, -0.05) is 11.6 Å². The van der Waals surface area contributed by atoms with Crippen LogP contribution in [0.25, 0.3) is 0 Å². The van der Waals surface area contributed by atoms with E-state index in [2.05, 4.69) is 5.32 Å². The molecular formula is C10H9ClN2O3S. The summed E-state index contributed by atoms with van der Waals surface area (Å²) in [6.45, 7) is 0. The number of amides is 1. The fourth-order valence-corrected chi connectivity index (χ4v) is 1.86. The standard InChI is InChI=1S/C10H9ClN2O3S/c1-17(15,16)6-10(14)13-9-4-8(11)3-2-7(9)5-12/h2-4H,6H2,1H3,(H,13,14). The Balaban J connectivity index is 2.92. The molecule has 17 heavy (non-hydrogen) atoms. The number of nitrogens with one attached hydrogen (secondary N) is 1. The van der Waals surface area contributed by atoms with Crippen LogP contribution in [0.15, 0.2) is 18.2 Å². The van der Waals surface area contributed by atoms with Gasteiger partial charge in [0.2, 0.25) is 5.91 Å². The quantitative estimate of drug-likeness (QED) is 0.895. The first-order valence-corrected chi connectivity index (χ1v) is 6.93. The predicted octanol–water partition coefficient (Wildman–Crippen LogP) is 1.19. The monoisotopic (exact) mass is 272 g/mol. The van der Waals surface area contributed by atoms with Gasteiger partial charge in [-0.2, -0.15) is 5.26 Å². The van der Waals surface area contributed by atoms with Gasteiger partial charge in [0, 0.05) is 11.3 Å². The number of hydrogen-bond donors (Lipinski definition) is 1. The summed E-state index contributed by atoms with van der Waals surface area (Å²) in [4.78, 5) is 11.4. The van der Waals surface area contributed by atoms with Crippen molar-refractivity contribution in [3.63, 3.8) is 0 Å². The van der Waals surface area contributed by atoms with Gasteiger partial charge in [0.25, 0.3) is 0 Å². The molecule has 7 heteroatoms. The van der Waals surface area contributed by atoms with Crippen molar-refractivity contribution in [3.8, 4) is 6.07 Å². The zero-order valence-corrected chi connectivity index (χ0v) is 10.5. The summed E-state index contributed by atoms with van der Waals surface area (Å²) >= 11 is 5.71. The van der Waals surface area contributed by atoms with Gasteiger partial charge >= 0.3 is 0 Å². The summed E-state index contributed by atoms with van der Waals surface area (Å²) in [7, 11) is -3.40. The van der Waals surface area contributed by atoms with Crippen LogP contribution in [0.2, 0.25) is 5.02 Å². The van der Waals surface area contributed by atoms with Crippen molar-refractivity contribution in [2.24, 2.45) is 0 Å². The number of rotatable bonds is 3. The number of carbonyl (C=O) groups excluding carboxylic acids is 1. The lowest BCUT2D eigenvalue weighted by Crippen LogP contribution is -2.22. The Hall–Kier alpha value is -1.58. The maximum Gasteiger partial charge on any atom is 0.239 e. The van der Waals surface area contributed by atoms with Crippen molar-refractivity contribution in [2.45, 2.75) is 0 Å². The number of carbonyl (C=O) groups is 1. The molecule has 1 amide bonds. The molecule has 0 bridgehead atoms. The second-order valence-electron chi connectivity index (χ2n) is 3.42. The summed E-state index contributed by atoms with van der Waals surface area (Å²) in [6.07, 6.45) is 0.954. The van der Waals surface area contributed by atoms with Crippen LogP contribution in [-0.4, -0.2) is 26.3 Å². The smallest absolute Gasteiger partial charge is 0.239 e. The Morgan fingerprint density at radius 3 is 2.71 bits per heavy atom. The van der Waals surface area contributed by atoms with Crippen LogP contribution in [0.4, 0.5) is 5.69 Å². The molecule has 0 unspecified atom stereocenters. The van der Waals surface area contributed by atoms with Crippen molar-refractivity contribution in [2.75, 3.05) is 17.3 Å². The summed E-state index contributed by atoms with van der Waals surface area (Å²) in [6, 6.07) is 6.21. The Labute approximate surface area is 104 Å². The topological polar surface area (TPSA) is 87.0 Å². The minimum atomic E-state index is -3.40. The molecule has 0 aliphatic carbocycles. The molecule has 0 aliphatic heterocycles. The van der Waals surface area contributed by atoms with Crippen LogP contribution in [-0.2, 0) is 14.6 Å². The van der Waals surface area contributed by atoms with Crippen molar-refractivity contribution >= 4 is 33.0 Å². The summed E-state index contributed by atoms with van der Waals surface area (Å²) < 4.78 is 21.8. The molecule has 1 aromatic rings. The van der Waals surface area contributed by atoms with Gasteiger partial charge in [-0.05, 0) is 18.2 Å². The van der Waals surface area contributed by atoms with Crippen molar-refractivity contribution in [3.05, 3.63) is 28.8 Å². The van der Waals surface area contributed by atoms with E-state index in [4.69, 9.17) is 16.9 Å². The molecule has 1 rings (SSSR count). The molecular weight excluding hydrogens is 264 g/mol. The van der Waals surface area contributed by atoms with Crippen LogP contribution >= 0.6 is 11.6 Å². The van der Waals surface area contributed by atoms with Gasteiger partial charge < -0.3 is 5.32 Å². The number of anilines is 1. The van der Waals surface area contributed by atoms with E-state index in [0.29, 0.717) is 5.02 Å². The predicted molar refractivity (Wildman–Crippen MR) is 64.5 cm³/mol. The van der Waals surface area contributed by atoms with E-state index < -0.39 is 21.5 Å². The van der Waals surface area contributed by atoms with Crippen molar-refractivity contribution < 1.29 is 13.2 Å². The van der Waals surface area contributed by atoms with Crippen LogP contribution in [0, 0.1) is 11.3 Å². The van der Waals surface area contributed by atoms with Gasteiger partial charge in [0.15, 0.2) is 9.84 Å². The minimum absolute atomic E-state index is 0.202. The maximum absolute atomic E-state index is 11.4. The number of halogens is 1. The van der Waals surface area contributed by atoms with E-state index >= 15 is 0 Å². The molecule has 0 aliphatic rings. The van der Waals surface area contributed by atoms with Crippen molar-refractivity contribution in [1.29, 1.82) is 5.26 Å². The number of nitriles is 1. The molecule has 0 fully saturated rings. The molecule has 0 saturated heterocycles. The van der Waals surface area contributed by atoms with Crippen LogP contribution in [0.3, 0.4) is 0 Å². The lowest BCUT2D eigenvalue weighted by molar-refractivity contribution is -0.113. The largest absolute Gasteiger partial charge is 0.324 e. The van der Waals surface area contributed by atoms with E-state index in [1.165, 1.54) is 18.2 Å². The molecule has 5 nitrogen and oxygen atoms in total. The van der Waals surface area contributed by atoms with E-state index in [1.807, 2.05) is 6.07 Å². The molecule has 0 saturated carbocycles. The van der Waals surface area contributed by atoms with Gasteiger partial charge in [0.05, 0.1) is 11.3 Å². The lowest BCUT2D eigenvalue weighted by Gasteiger charge is -2.06. The van der Waals surface area contributed by atoms with Crippen LogP contribution in [0.5, 0.6) is 0 Å². The van der Waals surface area contributed by atoms with Crippen LogP contribution < -0.4 is 5.32 Å². The van der Waals surface area contributed by atoms with E-state index in [-0.39, 0.29) is 11.3 Å². The average molecular weight is 273 g/mol. The molecule has 0 spiro atoms. The Bertz CT molecular complexity index is 590. The molecule has 90 valence electrons. The van der Waals surface area contributed by atoms with Gasteiger partial charge in [-0.3, -0.25) is 4.79 Å². The normalized spacial score (nSPS) is 10.6. The van der Waals surface area contributed by atoms with E-state index in [0.717, 1.165) is 6.26 Å². The van der Waals surface area contributed by atoms with Gasteiger partial charge in [-0.25, -0.2) is 8.42 Å². The van der Waals surface area contributed by atoms with Gasteiger partial charge in [-0.15, -0.1) is 0 Å². The highest BCUT2D eigenvalue weighted by molar-refractivity contribution is 7.91. The minimum Gasteiger partial charge on any atom is -0.324 e. The second-order valence-corrected chi connectivity index (χ2v) is 6.00. The SMILES string of the molecule is CS(=O)(=O)CC(=O)Nc1cc(Cl)ccc1C#N. The average Bonchev–Trinajstić information content (AvgIpc) is 2.14. The zero-order valence-electron chi connectivity index (χ0n) is 8.90. The molecule has 1 aromatic carbocycles. The highest BCUT2D eigenvalue weighted by atomic mass is 35.5. The third-order valence-corrected chi connectivity index (χ3v) is 2.79. The highest BCUT2D eigenvalue weighted by Gasteiger charge is 2.13. The molecule has 0 heterocycles. The number of benzene rings is 1. The second kappa shape index (κ2) is 5.17. The van der Waals surface area contributed by atoms with E-state index in [1.54, 1.807) is 0 Å². The molecule has 0 aromatic heterocycles. The lowest BCUT2D eigenvalue weighted by atomic mass is 10.2. The van der Waals surface area contributed by atoms with Crippen molar-refractivity contribution in [1.82, 2.24) is 0 Å². The highest BCUT2D eigenvalue weighted by Crippen LogP contribution is 2.20. The van der Waals surface area contributed by atoms with Gasteiger partial charge in [0.1, 0.15) is 11.8 Å². The fourth-order valence-electron chi connectivity index (χ4n) is 1.14. The van der Waals surface area contributed by atoms with E-state index in [9.17, 15) is 13.2 Å². The number of hydrogen-bond acceptors (Lipinski definition) is 4. The fraction of sp³-hybridized carbons (Fsp3) is 0.200. The Kier molecular flexibility index (Phi) is 4.10. The summed E-state index contributed by atoms with van der Waals surface area (Å²) in [5, 5.41) is 11.5. The molecule has 0 atom stereocenters. The first-order valence-electron chi connectivity index (χ1n) is 4.49. The number of sulfone groups is 1. The summed E-state index contributed by atoms with van der Waals surface area (Å²) in [5.74, 6) is -1.34. The molecule has 1 N–H and O–H groups in total. The maximum atomic E-state index is 11.4. The Morgan fingerprint density at radius 1 is 1.53 bits per heavy atom. The Morgan fingerprint density at radius 2 is 2.18 bits per heavy atom. The summed E-state index contributed by atoms with van der Waals surface area (Å²) in [5.41, 5.74) is 0.421. The van der Waals surface area contributed by atoms with Crippen LogP contribution in [0.1, 0.15) is 5.56 Å². The first-order chi connectivity index (χ1) is 7.81. The third-order valence-electron chi connectivity index (χ3n) is 1.77. The first kappa shape index (κ1) is 13.5. The molecule has 0 radical (unpaired) electrons. The third kappa shape index (κ3) is 4.43. The zero-order chi connectivity index (χ0) is 13.1.